The van der Waals surface area contributed by atoms with Crippen LogP contribution in [0.1, 0.15) is 11.7 Å². The second kappa shape index (κ2) is 7.17. The number of likely N-dealkylation sites (N-methyl/N-ethyl adjacent to an activating group) is 1. The number of aromatic nitrogens is 1. The van der Waals surface area contributed by atoms with Gasteiger partial charge >= 0.3 is 0 Å². The molecule has 2 atom stereocenters. The number of nitrogens with one attached hydrogen (secondary N) is 1. The lowest BCUT2D eigenvalue weighted by molar-refractivity contribution is -0.169. The fourth-order valence-electron chi connectivity index (χ4n) is 2.50. The first kappa shape index (κ1) is 17.9. The fourth-order valence-corrected chi connectivity index (χ4v) is 4.88. The molecule has 128 valence electrons. The molecule has 2 unspecified atom stereocenters. The summed E-state index contributed by atoms with van der Waals surface area (Å²) in [6.07, 6.45) is 0.891. The zero-order valence-electron chi connectivity index (χ0n) is 12.9. The molecule has 1 aromatic carbocycles. The van der Waals surface area contributed by atoms with Crippen LogP contribution < -0.4 is 0 Å². The zero-order valence-corrected chi connectivity index (χ0v) is 16.9. The van der Waals surface area contributed by atoms with Crippen LogP contribution in [0.15, 0.2) is 32.3 Å². The summed E-state index contributed by atoms with van der Waals surface area (Å²) in [6.45, 7) is 0. The summed E-state index contributed by atoms with van der Waals surface area (Å²) >= 11 is 8.36. The number of aromatic amines is 1. The Morgan fingerprint density at radius 3 is 3.00 bits per heavy atom. The Morgan fingerprint density at radius 2 is 2.29 bits per heavy atom. The van der Waals surface area contributed by atoms with E-state index in [-0.39, 0.29) is 5.91 Å². The van der Waals surface area contributed by atoms with Crippen molar-refractivity contribution in [2.45, 2.75) is 12.1 Å². The number of thioether (sulfide) groups is 1. The van der Waals surface area contributed by atoms with Crippen LogP contribution in [-0.2, 0) is 9.63 Å². The Bertz CT molecular complexity index is 824. The van der Waals surface area contributed by atoms with Crippen LogP contribution in [0, 0.1) is 0 Å². The van der Waals surface area contributed by atoms with Crippen LogP contribution in [0.4, 0.5) is 0 Å². The van der Waals surface area contributed by atoms with Gasteiger partial charge in [0, 0.05) is 38.9 Å². The highest BCUT2D eigenvalue weighted by atomic mass is 79.9. The number of benzene rings is 1. The van der Waals surface area contributed by atoms with Gasteiger partial charge < -0.3 is 10.1 Å². The molecule has 0 saturated heterocycles. The van der Waals surface area contributed by atoms with E-state index in [1.54, 1.807) is 13.2 Å². The zero-order chi connectivity index (χ0) is 17.4. The van der Waals surface area contributed by atoms with Crippen molar-refractivity contribution in [1.29, 1.82) is 0 Å². The summed E-state index contributed by atoms with van der Waals surface area (Å²) in [5.74, 6) is 0.269. The quantitative estimate of drug-likeness (QED) is 0.664. The van der Waals surface area contributed by atoms with Gasteiger partial charge in [-0.25, -0.2) is 5.06 Å². The van der Waals surface area contributed by atoms with E-state index < -0.39 is 12.1 Å². The molecular weight excluding hydrogens is 462 g/mol. The van der Waals surface area contributed by atoms with Crippen molar-refractivity contribution in [2.75, 3.05) is 19.9 Å². The van der Waals surface area contributed by atoms with E-state index >= 15 is 0 Å². The van der Waals surface area contributed by atoms with Gasteiger partial charge in [-0.3, -0.25) is 14.6 Å². The number of carbonyl (C=O) groups is 1. The van der Waals surface area contributed by atoms with Gasteiger partial charge in [-0.1, -0.05) is 15.9 Å². The van der Waals surface area contributed by atoms with Crippen molar-refractivity contribution in [3.05, 3.63) is 32.8 Å². The summed E-state index contributed by atoms with van der Waals surface area (Å²) in [6, 6.07) is 3.34. The minimum atomic E-state index is -0.879. The maximum Gasteiger partial charge on any atom is 0.271 e. The Balaban J connectivity index is 1.90. The van der Waals surface area contributed by atoms with E-state index in [0.717, 1.165) is 30.5 Å². The summed E-state index contributed by atoms with van der Waals surface area (Å²) in [7, 11) is 2.98. The predicted molar refractivity (Wildman–Crippen MR) is 102 cm³/mol. The van der Waals surface area contributed by atoms with E-state index in [1.165, 1.54) is 18.9 Å². The van der Waals surface area contributed by atoms with Gasteiger partial charge in [0.1, 0.15) is 17.2 Å². The van der Waals surface area contributed by atoms with E-state index in [4.69, 9.17) is 4.84 Å². The maximum atomic E-state index is 12.1. The summed E-state index contributed by atoms with van der Waals surface area (Å²) in [5, 5.41) is 13.3. The summed E-state index contributed by atoms with van der Waals surface area (Å²) < 4.78 is 1.81. The van der Waals surface area contributed by atoms with Crippen molar-refractivity contribution in [3.8, 4) is 0 Å². The Morgan fingerprint density at radius 1 is 1.54 bits per heavy atom. The molecule has 0 fully saturated rings. The number of amides is 1. The average molecular weight is 477 g/mol. The first-order valence-corrected chi connectivity index (χ1v) is 9.65. The van der Waals surface area contributed by atoms with Crippen molar-refractivity contribution in [3.63, 3.8) is 0 Å². The van der Waals surface area contributed by atoms with Crippen LogP contribution >= 0.6 is 43.6 Å². The highest BCUT2D eigenvalue weighted by Gasteiger charge is 2.32. The molecule has 2 aromatic rings. The van der Waals surface area contributed by atoms with Crippen molar-refractivity contribution in [1.82, 2.24) is 10.0 Å². The molecule has 0 bridgehead atoms. The van der Waals surface area contributed by atoms with Gasteiger partial charge in [0.15, 0.2) is 0 Å². The standard InChI is InChI=1S/C15H15Br2N3O3S/c1-20(23-2)15(22)11-6-24-14(19-11)13(21)9-5-18-12-8(9)3-7(16)4-10(12)17/h3-5,11,13,18,21H,6H2,1-2H3. The monoisotopic (exact) mass is 475 g/mol. The molecule has 0 spiro atoms. The smallest absolute Gasteiger partial charge is 0.271 e. The molecule has 6 nitrogen and oxygen atoms in total. The maximum absolute atomic E-state index is 12.1. The van der Waals surface area contributed by atoms with E-state index in [0.29, 0.717) is 10.8 Å². The van der Waals surface area contributed by atoms with Gasteiger partial charge in [-0.2, -0.15) is 0 Å². The molecule has 3 rings (SSSR count). The number of hydrogen-bond donors (Lipinski definition) is 2. The molecular formula is C15H15Br2N3O3S. The second-order valence-corrected chi connectivity index (χ2v) is 8.08. The SMILES string of the molecule is CON(C)C(=O)C1CSC(C(O)c2c[nH]c3c(Br)cc(Br)cc23)=N1. The minimum Gasteiger partial charge on any atom is -0.381 e. The van der Waals surface area contributed by atoms with Crippen molar-refractivity contribution in [2.24, 2.45) is 4.99 Å². The number of halogens is 2. The molecule has 0 saturated carbocycles. The Hall–Kier alpha value is -0.870. The van der Waals surface area contributed by atoms with Gasteiger partial charge in [0.25, 0.3) is 5.91 Å². The largest absolute Gasteiger partial charge is 0.381 e. The highest BCUT2D eigenvalue weighted by molar-refractivity contribution is 9.11. The van der Waals surface area contributed by atoms with Crippen molar-refractivity contribution >= 4 is 65.5 Å². The number of carbonyl (C=O) groups excluding carboxylic acids is 1. The number of nitrogens with zero attached hydrogens (tertiary/aromatic N) is 2. The van der Waals surface area contributed by atoms with Gasteiger partial charge in [-0.05, 0) is 28.1 Å². The summed E-state index contributed by atoms with van der Waals surface area (Å²) in [5.41, 5.74) is 1.63. The molecule has 2 N–H and O–H groups in total. The Kier molecular flexibility index (Phi) is 5.36. The number of aliphatic hydroxyl groups excluding tert-OH is 1. The number of rotatable bonds is 4. The highest BCUT2D eigenvalue weighted by Crippen LogP contribution is 2.36. The minimum absolute atomic E-state index is 0.225. The van der Waals surface area contributed by atoms with E-state index in [2.05, 4.69) is 41.8 Å². The van der Waals surface area contributed by atoms with Crippen LogP contribution in [0.25, 0.3) is 10.9 Å². The first-order valence-electron chi connectivity index (χ1n) is 7.08. The fraction of sp³-hybridized carbons (Fsp3) is 0.333. The van der Waals surface area contributed by atoms with Crippen LogP contribution in [0.3, 0.4) is 0 Å². The predicted octanol–water partition coefficient (Wildman–Crippen LogP) is 3.26. The third-order valence-electron chi connectivity index (χ3n) is 3.81. The number of hydroxylamine groups is 2. The van der Waals surface area contributed by atoms with Crippen LogP contribution in [0.5, 0.6) is 0 Å². The molecule has 1 aliphatic heterocycles. The lowest BCUT2D eigenvalue weighted by atomic mass is 10.1. The molecule has 24 heavy (non-hydrogen) atoms. The third-order valence-corrected chi connectivity index (χ3v) is 6.00. The number of hydrogen-bond acceptors (Lipinski definition) is 5. The normalized spacial score (nSPS) is 18.7. The van der Waals surface area contributed by atoms with Crippen LogP contribution in [0.2, 0.25) is 0 Å². The van der Waals surface area contributed by atoms with Gasteiger partial charge in [0.05, 0.1) is 12.6 Å². The molecule has 9 heteroatoms. The van der Waals surface area contributed by atoms with E-state index in [9.17, 15) is 9.90 Å². The van der Waals surface area contributed by atoms with Crippen LogP contribution in [-0.4, -0.2) is 52.1 Å². The van der Waals surface area contributed by atoms with Crippen molar-refractivity contribution < 1.29 is 14.7 Å². The molecule has 1 aromatic heterocycles. The average Bonchev–Trinajstić information content (AvgIpc) is 3.19. The topological polar surface area (TPSA) is 77.9 Å². The number of fused-ring (bicyclic) bond motifs is 1. The number of H-pyrrole nitrogens is 1. The lowest BCUT2D eigenvalue weighted by Gasteiger charge is -2.15. The summed E-state index contributed by atoms with van der Waals surface area (Å²) in [4.78, 5) is 24.6. The molecule has 0 aliphatic carbocycles. The number of aliphatic imine (C=N–C) groups is 1. The molecule has 1 amide bonds. The second-order valence-electron chi connectivity index (χ2n) is 5.27. The van der Waals surface area contributed by atoms with Gasteiger partial charge in [0.2, 0.25) is 0 Å². The molecule has 1 aliphatic rings. The Labute approximate surface area is 159 Å². The molecule has 2 heterocycles. The van der Waals surface area contributed by atoms with Gasteiger partial charge in [-0.15, -0.1) is 11.8 Å². The number of aliphatic hydroxyl groups is 1. The first-order chi connectivity index (χ1) is 11.4. The van der Waals surface area contributed by atoms with E-state index in [1.807, 2.05) is 12.1 Å². The molecule has 0 radical (unpaired) electrons. The third kappa shape index (κ3) is 3.28. The lowest BCUT2D eigenvalue weighted by Crippen LogP contribution is -2.34.